The van der Waals surface area contributed by atoms with Crippen LogP contribution in [0.5, 0.6) is 5.75 Å². The summed E-state index contributed by atoms with van der Waals surface area (Å²) in [4.78, 5) is 11.9. The lowest BCUT2D eigenvalue weighted by Crippen LogP contribution is -2.37. The lowest BCUT2D eigenvalue weighted by atomic mass is 10.1. The Labute approximate surface area is 107 Å². The Morgan fingerprint density at radius 2 is 2.44 bits per heavy atom. The van der Waals surface area contributed by atoms with Crippen LogP contribution in [-0.2, 0) is 0 Å². The molecule has 5 nitrogen and oxygen atoms in total. The SMILES string of the molecule is COc1cc(C(=O)NC[C@H]2CCCN2)ccc1N. The topological polar surface area (TPSA) is 76.4 Å². The van der Waals surface area contributed by atoms with Crippen molar-refractivity contribution < 1.29 is 9.53 Å². The van der Waals surface area contributed by atoms with Gasteiger partial charge in [0.15, 0.2) is 0 Å². The van der Waals surface area contributed by atoms with E-state index in [0.29, 0.717) is 29.6 Å². The van der Waals surface area contributed by atoms with Gasteiger partial charge in [-0.3, -0.25) is 4.79 Å². The second kappa shape index (κ2) is 5.73. The maximum Gasteiger partial charge on any atom is 0.251 e. The minimum atomic E-state index is -0.0954. The van der Waals surface area contributed by atoms with E-state index in [1.165, 1.54) is 13.5 Å². The third-order valence-electron chi connectivity index (χ3n) is 3.17. The van der Waals surface area contributed by atoms with Gasteiger partial charge in [0.05, 0.1) is 12.8 Å². The molecule has 0 aliphatic carbocycles. The van der Waals surface area contributed by atoms with E-state index in [1.807, 2.05) is 0 Å². The minimum absolute atomic E-state index is 0.0954. The molecule has 2 rings (SSSR count). The summed E-state index contributed by atoms with van der Waals surface area (Å²) in [6.07, 6.45) is 2.29. The van der Waals surface area contributed by atoms with Crippen LogP contribution in [-0.4, -0.2) is 32.1 Å². The number of amides is 1. The van der Waals surface area contributed by atoms with Crippen LogP contribution in [0.2, 0.25) is 0 Å². The fourth-order valence-electron chi connectivity index (χ4n) is 2.10. The Morgan fingerprint density at radius 3 is 3.11 bits per heavy atom. The van der Waals surface area contributed by atoms with E-state index in [4.69, 9.17) is 10.5 Å². The third kappa shape index (κ3) is 2.92. The van der Waals surface area contributed by atoms with Gasteiger partial charge in [0.1, 0.15) is 5.75 Å². The summed E-state index contributed by atoms with van der Waals surface area (Å²) in [5, 5.41) is 6.25. The first-order chi connectivity index (χ1) is 8.70. The van der Waals surface area contributed by atoms with E-state index in [-0.39, 0.29) is 5.91 Å². The molecule has 1 amide bonds. The number of hydrogen-bond acceptors (Lipinski definition) is 4. The van der Waals surface area contributed by atoms with Gasteiger partial charge in [0.2, 0.25) is 0 Å². The molecule has 0 saturated carbocycles. The molecule has 1 heterocycles. The average molecular weight is 249 g/mol. The molecular weight excluding hydrogens is 230 g/mol. The smallest absolute Gasteiger partial charge is 0.251 e. The Hall–Kier alpha value is -1.75. The van der Waals surface area contributed by atoms with Gasteiger partial charge >= 0.3 is 0 Å². The largest absolute Gasteiger partial charge is 0.495 e. The number of ether oxygens (including phenoxy) is 1. The molecule has 1 aromatic rings. The Morgan fingerprint density at radius 1 is 1.61 bits per heavy atom. The first-order valence-electron chi connectivity index (χ1n) is 6.16. The molecule has 1 aliphatic heterocycles. The van der Waals surface area contributed by atoms with Crippen LogP contribution in [0.25, 0.3) is 0 Å². The molecule has 98 valence electrons. The number of methoxy groups -OCH3 is 1. The van der Waals surface area contributed by atoms with Crippen LogP contribution in [0.4, 0.5) is 5.69 Å². The fourth-order valence-corrected chi connectivity index (χ4v) is 2.10. The molecule has 18 heavy (non-hydrogen) atoms. The van der Waals surface area contributed by atoms with Crippen LogP contribution in [0, 0.1) is 0 Å². The highest BCUT2D eigenvalue weighted by atomic mass is 16.5. The highest BCUT2D eigenvalue weighted by Gasteiger charge is 2.15. The maximum absolute atomic E-state index is 11.9. The lowest BCUT2D eigenvalue weighted by molar-refractivity contribution is 0.0950. The molecule has 1 atom stereocenters. The van der Waals surface area contributed by atoms with Crippen LogP contribution in [0.15, 0.2) is 18.2 Å². The Bertz CT molecular complexity index is 428. The molecule has 0 unspecified atom stereocenters. The monoisotopic (exact) mass is 249 g/mol. The van der Waals surface area contributed by atoms with E-state index in [0.717, 1.165) is 13.0 Å². The molecule has 1 aromatic carbocycles. The predicted octanol–water partition coefficient (Wildman–Crippen LogP) is 0.759. The number of carbonyl (C=O) groups excluding carboxylic acids is 1. The van der Waals surface area contributed by atoms with Crippen LogP contribution in [0.3, 0.4) is 0 Å². The van der Waals surface area contributed by atoms with Gasteiger partial charge in [-0.25, -0.2) is 0 Å². The van der Waals surface area contributed by atoms with Crippen LogP contribution in [0.1, 0.15) is 23.2 Å². The van der Waals surface area contributed by atoms with Crippen molar-refractivity contribution in [3.63, 3.8) is 0 Å². The average Bonchev–Trinajstić information content (AvgIpc) is 2.89. The van der Waals surface area contributed by atoms with Crippen molar-refractivity contribution in [3.05, 3.63) is 23.8 Å². The number of hydrogen-bond donors (Lipinski definition) is 3. The van der Waals surface area contributed by atoms with Gasteiger partial charge in [0.25, 0.3) is 5.91 Å². The Balaban J connectivity index is 1.95. The van der Waals surface area contributed by atoms with Crippen molar-refractivity contribution in [2.45, 2.75) is 18.9 Å². The summed E-state index contributed by atoms with van der Waals surface area (Å²) in [6, 6.07) is 5.44. The van der Waals surface area contributed by atoms with Crippen molar-refractivity contribution in [2.75, 3.05) is 25.9 Å². The van der Waals surface area contributed by atoms with Gasteiger partial charge in [-0.1, -0.05) is 0 Å². The summed E-state index contributed by atoms with van der Waals surface area (Å²) in [6.45, 7) is 1.70. The molecule has 1 saturated heterocycles. The molecule has 0 bridgehead atoms. The van der Waals surface area contributed by atoms with E-state index in [1.54, 1.807) is 18.2 Å². The summed E-state index contributed by atoms with van der Waals surface area (Å²) < 4.78 is 5.10. The standard InChI is InChI=1S/C13H19N3O2/c1-18-12-7-9(4-5-11(12)14)13(17)16-8-10-3-2-6-15-10/h4-5,7,10,15H,2-3,6,8,14H2,1H3,(H,16,17)/t10-/m1/s1. The molecule has 1 aliphatic rings. The number of nitrogen functional groups attached to an aromatic ring is 1. The zero-order valence-electron chi connectivity index (χ0n) is 10.5. The maximum atomic E-state index is 11.9. The zero-order chi connectivity index (χ0) is 13.0. The van der Waals surface area contributed by atoms with Crippen molar-refractivity contribution in [3.8, 4) is 5.75 Å². The number of anilines is 1. The summed E-state index contributed by atoms with van der Waals surface area (Å²) in [7, 11) is 1.54. The number of benzene rings is 1. The molecule has 1 fully saturated rings. The van der Waals surface area contributed by atoms with Crippen molar-refractivity contribution in [1.29, 1.82) is 0 Å². The van der Waals surface area contributed by atoms with Gasteiger partial charge in [-0.2, -0.15) is 0 Å². The van der Waals surface area contributed by atoms with Crippen molar-refractivity contribution >= 4 is 11.6 Å². The van der Waals surface area contributed by atoms with Gasteiger partial charge in [-0.15, -0.1) is 0 Å². The first kappa shape index (κ1) is 12.7. The van der Waals surface area contributed by atoms with Gasteiger partial charge in [-0.05, 0) is 37.6 Å². The fraction of sp³-hybridized carbons (Fsp3) is 0.462. The molecule has 5 heteroatoms. The highest BCUT2D eigenvalue weighted by molar-refractivity contribution is 5.95. The summed E-state index contributed by atoms with van der Waals surface area (Å²) >= 11 is 0. The van der Waals surface area contributed by atoms with E-state index in [2.05, 4.69) is 10.6 Å². The molecule has 0 radical (unpaired) electrons. The lowest BCUT2D eigenvalue weighted by Gasteiger charge is -2.12. The number of rotatable bonds is 4. The van der Waals surface area contributed by atoms with Crippen LogP contribution >= 0.6 is 0 Å². The second-order valence-electron chi connectivity index (χ2n) is 4.46. The highest BCUT2D eigenvalue weighted by Crippen LogP contribution is 2.22. The summed E-state index contributed by atoms with van der Waals surface area (Å²) in [5.74, 6) is 0.434. The normalized spacial score (nSPS) is 18.6. The van der Waals surface area contributed by atoms with E-state index >= 15 is 0 Å². The first-order valence-corrected chi connectivity index (χ1v) is 6.16. The zero-order valence-corrected chi connectivity index (χ0v) is 10.5. The number of nitrogens with two attached hydrogens (primary N) is 1. The minimum Gasteiger partial charge on any atom is -0.495 e. The molecule has 4 N–H and O–H groups in total. The van der Waals surface area contributed by atoms with Crippen molar-refractivity contribution in [1.82, 2.24) is 10.6 Å². The molecular formula is C13H19N3O2. The summed E-state index contributed by atoms with van der Waals surface area (Å²) in [5.41, 5.74) is 6.81. The quantitative estimate of drug-likeness (QED) is 0.689. The van der Waals surface area contributed by atoms with Gasteiger partial charge in [0, 0.05) is 18.2 Å². The van der Waals surface area contributed by atoms with E-state index in [9.17, 15) is 4.79 Å². The van der Waals surface area contributed by atoms with E-state index < -0.39 is 0 Å². The number of carbonyl (C=O) groups is 1. The molecule has 0 aromatic heterocycles. The molecule has 0 spiro atoms. The van der Waals surface area contributed by atoms with Crippen LogP contribution < -0.4 is 21.1 Å². The second-order valence-corrected chi connectivity index (χ2v) is 4.46. The number of nitrogens with one attached hydrogen (secondary N) is 2. The predicted molar refractivity (Wildman–Crippen MR) is 70.8 cm³/mol. The van der Waals surface area contributed by atoms with Crippen molar-refractivity contribution in [2.24, 2.45) is 0 Å². The van der Waals surface area contributed by atoms with Gasteiger partial charge < -0.3 is 21.1 Å². The third-order valence-corrected chi connectivity index (χ3v) is 3.17. The Kier molecular flexibility index (Phi) is 4.04.